The molecular formula is C56H66FN9O9S. The summed E-state index contributed by atoms with van der Waals surface area (Å²) in [6, 6.07) is 23.0. The first-order valence-corrected chi connectivity index (χ1v) is 27.5. The van der Waals surface area contributed by atoms with E-state index in [9.17, 15) is 32.8 Å². The lowest BCUT2D eigenvalue weighted by Crippen LogP contribution is -2.68. The van der Waals surface area contributed by atoms with E-state index in [-0.39, 0.29) is 57.2 Å². The number of nitrogens with one attached hydrogen (secondary N) is 3. The van der Waals surface area contributed by atoms with Crippen molar-refractivity contribution in [3.63, 3.8) is 0 Å². The molecule has 2 aliphatic carbocycles. The van der Waals surface area contributed by atoms with Crippen molar-refractivity contribution in [2.75, 3.05) is 63.7 Å². The molecule has 3 aromatic heterocycles. The normalized spacial score (nSPS) is 21.0. The second kappa shape index (κ2) is 20.9. The number of hydrogen-bond acceptors (Lipinski definition) is 15. The number of aryl methyl sites for hydroxylation is 1. The van der Waals surface area contributed by atoms with Gasteiger partial charge in [0, 0.05) is 93.4 Å². The molecule has 1 spiro atoms. The molecule has 18 nitrogen and oxygen atoms in total. The zero-order chi connectivity index (χ0) is 53.7. The smallest absolute Gasteiger partial charge is 0.312 e. The van der Waals surface area contributed by atoms with Crippen molar-refractivity contribution in [3.8, 4) is 23.1 Å². The van der Waals surface area contributed by atoms with Gasteiger partial charge < -0.3 is 34.5 Å². The monoisotopic (exact) mass is 1060 g/mol. The average Bonchev–Trinajstić information content (AvgIpc) is 3.84. The van der Waals surface area contributed by atoms with Crippen LogP contribution in [0.4, 0.5) is 21.6 Å². The molecule has 76 heavy (non-hydrogen) atoms. The van der Waals surface area contributed by atoms with E-state index in [1.807, 2.05) is 0 Å². The predicted molar refractivity (Wildman–Crippen MR) is 286 cm³/mol. The summed E-state index contributed by atoms with van der Waals surface area (Å²) in [6.07, 6.45) is 6.73. The Morgan fingerprint density at radius 3 is 2.49 bits per heavy atom. The lowest BCUT2D eigenvalue weighted by atomic mass is 9.59. The highest BCUT2D eigenvalue weighted by molar-refractivity contribution is 7.90. The van der Waals surface area contributed by atoms with Crippen LogP contribution in [-0.2, 0) is 16.6 Å². The van der Waals surface area contributed by atoms with Gasteiger partial charge in [-0.1, -0.05) is 50.2 Å². The molecule has 3 aromatic carbocycles. The van der Waals surface area contributed by atoms with Crippen LogP contribution >= 0.6 is 0 Å². The lowest BCUT2D eigenvalue weighted by Gasteiger charge is -2.63. The molecule has 5 heterocycles. The van der Waals surface area contributed by atoms with Crippen LogP contribution in [0.3, 0.4) is 0 Å². The first kappa shape index (κ1) is 52.6. The number of H-pyrrole nitrogens is 1. The third-order valence-electron chi connectivity index (χ3n) is 16.1. The number of carbonyl (C=O) groups excluding carboxylic acids is 1. The van der Waals surface area contributed by atoms with Crippen LogP contribution in [0.2, 0.25) is 0 Å². The Kier molecular flexibility index (Phi) is 14.5. The number of carbonyl (C=O) groups is 1. The number of ether oxygens (including phenoxy) is 3. The standard InChI is InChI=1S/C56H66FN9O9S/c1-34(2)41-9-7-8-10-42(41)47-31-63(30-37-12-11-35(3)48(21-37)73-5)19-20-65(47)39-25-56(26-39)32-64(33-56)38-13-14-43(49(22-38)75-50-24-44-45(57)29-60-51(44)61-54(50)74-6)53(67)62-76(71,72)40-23-46(66(69)70)52(59-28-40)58-27-36-15-17-55(4,68)18-16-36/h7-14,21-24,28-29,34,36,39,47,68H,15-20,25-27,30-33H2,1-6H3,(H,58,59)(H,60,61)(H,62,67)/t36?,47-,55?/m0/s1. The number of aromatic amines is 1. The van der Waals surface area contributed by atoms with Crippen LogP contribution in [0.25, 0.3) is 11.0 Å². The van der Waals surface area contributed by atoms with Crippen molar-refractivity contribution >= 4 is 44.2 Å². The zero-order valence-electron chi connectivity index (χ0n) is 43.8. The van der Waals surface area contributed by atoms with Gasteiger partial charge in [0.25, 0.3) is 21.8 Å². The van der Waals surface area contributed by atoms with Gasteiger partial charge in [0.15, 0.2) is 5.75 Å². The number of hydrogen-bond donors (Lipinski definition) is 4. The molecule has 6 aromatic rings. The minimum Gasteiger partial charge on any atom is -0.496 e. The van der Waals surface area contributed by atoms with Crippen LogP contribution in [-0.4, -0.2) is 114 Å². The number of pyridine rings is 2. The maximum atomic E-state index is 14.9. The molecule has 0 bridgehead atoms. The second-order valence-electron chi connectivity index (χ2n) is 21.9. The molecule has 4 aliphatic rings. The fourth-order valence-corrected chi connectivity index (χ4v) is 12.7. The Morgan fingerprint density at radius 2 is 1.76 bits per heavy atom. The number of anilines is 2. The van der Waals surface area contributed by atoms with Gasteiger partial charge >= 0.3 is 5.69 Å². The van der Waals surface area contributed by atoms with Crippen LogP contribution in [0.5, 0.6) is 23.1 Å². The molecular weight excluding hydrogens is 994 g/mol. The van der Waals surface area contributed by atoms with Crippen molar-refractivity contribution in [1.29, 1.82) is 0 Å². The van der Waals surface area contributed by atoms with Gasteiger partial charge in [0.05, 0.1) is 41.9 Å². The number of amides is 1. The number of nitrogens with zero attached hydrogens (tertiary/aromatic N) is 6. The highest BCUT2D eigenvalue weighted by Crippen LogP contribution is 2.54. The Hall–Kier alpha value is -6.87. The Morgan fingerprint density at radius 1 is 1.00 bits per heavy atom. The number of halogens is 1. The highest BCUT2D eigenvalue weighted by atomic mass is 32.2. The minimum absolute atomic E-state index is 0.0184. The van der Waals surface area contributed by atoms with E-state index in [1.54, 1.807) is 26.2 Å². The maximum absolute atomic E-state index is 14.9. The van der Waals surface area contributed by atoms with Crippen molar-refractivity contribution in [3.05, 3.63) is 129 Å². The number of benzene rings is 3. The van der Waals surface area contributed by atoms with Crippen molar-refractivity contribution in [2.45, 2.75) is 101 Å². The van der Waals surface area contributed by atoms with Gasteiger partial charge in [-0.25, -0.2) is 22.5 Å². The fourth-order valence-electron chi connectivity index (χ4n) is 11.8. The minimum atomic E-state index is -4.74. The number of sulfonamides is 1. The Bertz CT molecular complexity index is 3270. The van der Waals surface area contributed by atoms with E-state index >= 15 is 0 Å². The highest BCUT2D eigenvalue weighted by Gasteiger charge is 2.55. The van der Waals surface area contributed by atoms with E-state index in [0.29, 0.717) is 44.2 Å². The second-order valence-corrected chi connectivity index (χ2v) is 23.5. The van der Waals surface area contributed by atoms with E-state index in [4.69, 9.17) is 14.2 Å². The summed E-state index contributed by atoms with van der Waals surface area (Å²) < 4.78 is 62.2. The number of aliphatic hydroxyl groups is 1. The number of nitro groups is 1. The van der Waals surface area contributed by atoms with E-state index in [1.165, 1.54) is 35.9 Å². The summed E-state index contributed by atoms with van der Waals surface area (Å²) in [5.74, 6) is -0.509. The number of fused-ring (bicyclic) bond motifs is 1. The lowest BCUT2D eigenvalue weighted by molar-refractivity contribution is -0.384. The molecule has 2 saturated heterocycles. The molecule has 2 saturated carbocycles. The molecule has 1 amide bonds. The summed E-state index contributed by atoms with van der Waals surface area (Å²) in [7, 11) is -1.66. The summed E-state index contributed by atoms with van der Waals surface area (Å²) >= 11 is 0. The van der Waals surface area contributed by atoms with Gasteiger partial charge in [-0.05, 0) is 105 Å². The molecule has 10 rings (SSSR count). The van der Waals surface area contributed by atoms with E-state index in [0.717, 1.165) is 87.6 Å². The fraction of sp³-hybridized carbons (Fsp3) is 0.446. The number of aromatic nitrogens is 3. The molecule has 20 heteroatoms. The van der Waals surface area contributed by atoms with Gasteiger partial charge in [0.2, 0.25) is 5.82 Å². The summed E-state index contributed by atoms with van der Waals surface area (Å²) in [4.78, 5) is 43.8. The van der Waals surface area contributed by atoms with E-state index < -0.39 is 42.9 Å². The predicted octanol–water partition coefficient (Wildman–Crippen LogP) is 9.25. The Labute approximate surface area is 442 Å². The van der Waals surface area contributed by atoms with Gasteiger partial charge in [-0.15, -0.1) is 0 Å². The largest absolute Gasteiger partial charge is 0.496 e. The average molecular weight is 1060 g/mol. The SMILES string of the molecule is COc1cc(CN2CCN(C3CC4(C3)CN(c3ccc(C(=O)NS(=O)(=O)c5cnc(NCC6CCC(C)(O)CC6)c([N+](=O)[O-])c5)c(Oc5cc6c(F)c[nH]c6nc5OC)c3)C4)[C@H](c3ccccc3C(C)C)C2)ccc1C. The molecule has 4 fully saturated rings. The van der Waals surface area contributed by atoms with Crippen molar-refractivity contribution < 1.29 is 41.8 Å². The number of piperazine rings is 1. The van der Waals surface area contributed by atoms with Gasteiger partial charge in [-0.3, -0.25) is 24.7 Å². The molecule has 0 unspecified atom stereocenters. The first-order chi connectivity index (χ1) is 36.3. The van der Waals surface area contributed by atoms with Crippen LogP contribution in [0.15, 0.2) is 90.1 Å². The molecule has 0 radical (unpaired) electrons. The van der Waals surface area contributed by atoms with Crippen LogP contribution < -0.4 is 29.1 Å². The topological polar surface area (TPSA) is 218 Å². The third-order valence-corrected chi connectivity index (χ3v) is 17.4. The summed E-state index contributed by atoms with van der Waals surface area (Å²) in [5.41, 5.74) is 4.55. The van der Waals surface area contributed by atoms with Crippen molar-refractivity contribution in [2.24, 2.45) is 11.3 Å². The van der Waals surface area contributed by atoms with Gasteiger partial charge in [0.1, 0.15) is 27.9 Å². The summed E-state index contributed by atoms with van der Waals surface area (Å²) in [5, 5.41) is 25.7. The maximum Gasteiger partial charge on any atom is 0.312 e. The quantitative estimate of drug-likeness (QED) is 0.0494. The first-order valence-electron chi connectivity index (χ1n) is 26.0. The third kappa shape index (κ3) is 10.8. The molecule has 402 valence electrons. The molecule has 2 aliphatic heterocycles. The Balaban J connectivity index is 0.868. The van der Waals surface area contributed by atoms with Crippen molar-refractivity contribution in [1.82, 2.24) is 29.5 Å². The van der Waals surface area contributed by atoms with E-state index in [2.05, 4.69) is 103 Å². The molecule has 1 atom stereocenters. The molecule has 4 N–H and O–H groups in total. The summed E-state index contributed by atoms with van der Waals surface area (Å²) in [6.45, 7) is 13.8. The zero-order valence-corrected chi connectivity index (χ0v) is 44.6. The number of methoxy groups -OCH3 is 2. The van der Waals surface area contributed by atoms with Crippen LogP contribution in [0, 0.1) is 34.2 Å². The number of rotatable bonds is 17. The van der Waals surface area contributed by atoms with Crippen LogP contribution in [0.1, 0.15) is 104 Å². The van der Waals surface area contributed by atoms with Gasteiger partial charge in [-0.2, -0.15) is 4.98 Å².